The molecule has 1 aliphatic rings. The number of thioether (sulfide) groups is 1. The highest BCUT2D eigenvalue weighted by Gasteiger charge is 2.35. The molecular formula is C19H13Cl2N3OS. The van der Waals surface area contributed by atoms with E-state index in [0.29, 0.717) is 26.8 Å². The van der Waals surface area contributed by atoms with Gasteiger partial charge < -0.3 is 11.5 Å². The highest BCUT2D eigenvalue weighted by molar-refractivity contribution is 8.06. The van der Waals surface area contributed by atoms with E-state index in [1.165, 1.54) is 0 Å². The van der Waals surface area contributed by atoms with Crippen LogP contribution in [0.2, 0.25) is 10.0 Å². The number of benzene rings is 2. The third-order valence-corrected chi connectivity index (χ3v) is 5.39. The van der Waals surface area contributed by atoms with E-state index in [1.54, 1.807) is 48.5 Å². The van der Waals surface area contributed by atoms with Gasteiger partial charge in [-0.25, -0.2) is 0 Å². The highest BCUT2D eigenvalue weighted by Crippen LogP contribution is 2.44. The lowest BCUT2D eigenvalue weighted by Crippen LogP contribution is -2.24. The van der Waals surface area contributed by atoms with Crippen LogP contribution in [0, 0.1) is 11.3 Å². The van der Waals surface area contributed by atoms with Crippen molar-refractivity contribution in [2.45, 2.75) is 5.92 Å². The molecule has 2 aromatic carbocycles. The minimum atomic E-state index is -0.651. The van der Waals surface area contributed by atoms with E-state index in [4.69, 9.17) is 34.7 Å². The molecule has 7 heteroatoms. The normalized spacial score (nSPS) is 17.2. The number of halogens is 2. The Morgan fingerprint density at radius 3 is 2.04 bits per heavy atom. The monoisotopic (exact) mass is 401 g/mol. The fourth-order valence-electron chi connectivity index (χ4n) is 2.77. The Hall–Kier alpha value is -2.39. The second kappa shape index (κ2) is 7.46. The largest absolute Gasteiger partial charge is 0.393 e. The van der Waals surface area contributed by atoms with Crippen molar-refractivity contribution in [3.8, 4) is 6.07 Å². The van der Waals surface area contributed by atoms with Crippen LogP contribution in [-0.4, -0.2) is 5.78 Å². The molecule has 0 saturated heterocycles. The number of carbonyl (C=O) groups excluding carboxylic acids is 1. The van der Waals surface area contributed by atoms with Crippen LogP contribution < -0.4 is 11.5 Å². The van der Waals surface area contributed by atoms with Gasteiger partial charge in [0.15, 0.2) is 5.78 Å². The van der Waals surface area contributed by atoms with Gasteiger partial charge in [0.25, 0.3) is 0 Å². The van der Waals surface area contributed by atoms with Crippen LogP contribution in [-0.2, 0) is 0 Å². The molecule has 3 rings (SSSR count). The highest BCUT2D eigenvalue weighted by atomic mass is 35.5. The Labute approximate surface area is 165 Å². The molecule has 0 amide bonds. The lowest BCUT2D eigenvalue weighted by atomic mass is 9.82. The number of carbonyl (C=O) groups is 1. The van der Waals surface area contributed by atoms with Crippen molar-refractivity contribution in [1.82, 2.24) is 0 Å². The number of ketones is 1. The minimum Gasteiger partial charge on any atom is -0.393 e. The predicted molar refractivity (Wildman–Crippen MR) is 106 cm³/mol. The predicted octanol–water partition coefficient (Wildman–Crippen LogP) is 4.57. The third kappa shape index (κ3) is 3.45. The molecule has 1 aliphatic heterocycles. The van der Waals surface area contributed by atoms with Gasteiger partial charge in [-0.1, -0.05) is 47.1 Å². The summed E-state index contributed by atoms with van der Waals surface area (Å²) in [5.41, 5.74) is 13.9. The Kier molecular flexibility index (Phi) is 5.28. The Morgan fingerprint density at radius 2 is 1.50 bits per heavy atom. The summed E-state index contributed by atoms with van der Waals surface area (Å²) in [5.74, 6) is -0.923. The van der Waals surface area contributed by atoms with Crippen molar-refractivity contribution in [2.24, 2.45) is 11.5 Å². The number of allylic oxidation sites excluding steroid dienone is 2. The lowest BCUT2D eigenvalue weighted by molar-refractivity contribution is 0.102. The van der Waals surface area contributed by atoms with Gasteiger partial charge in [0.1, 0.15) is 0 Å². The van der Waals surface area contributed by atoms with E-state index in [-0.39, 0.29) is 15.8 Å². The smallest absolute Gasteiger partial charge is 0.192 e. The van der Waals surface area contributed by atoms with Gasteiger partial charge in [0.2, 0.25) is 0 Å². The summed E-state index contributed by atoms with van der Waals surface area (Å²) < 4.78 is 0. The molecule has 4 nitrogen and oxygen atoms in total. The van der Waals surface area contributed by atoms with Gasteiger partial charge in [-0.15, -0.1) is 0 Å². The zero-order valence-electron chi connectivity index (χ0n) is 13.4. The van der Waals surface area contributed by atoms with Crippen LogP contribution in [0.4, 0.5) is 0 Å². The van der Waals surface area contributed by atoms with Gasteiger partial charge in [-0.3, -0.25) is 4.79 Å². The molecule has 1 atom stereocenters. The van der Waals surface area contributed by atoms with Crippen molar-refractivity contribution in [3.05, 3.63) is 90.9 Å². The van der Waals surface area contributed by atoms with Gasteiger partial charge in [-0.2, -0.15) is 5.26 Å². The second-order valence-corrected chi connectivity index (χ2v) is 7.55. The first-order chi connectivity index (χ1) is 12.4. The molecule has 0 spiro atoms. The molecule has 0 fully saturated rings. The van der Waals surface area contributed by atoms with Crippen LogP contribution >= 0.6 is 35.0 Å². The summed E-state index contributed by atoms with van der Waals surface area (Å²) in [6.45, 7) is 0. The number of hydrogen-bond donors (Lipinski definition) is 2. The first-order valence-electron chi connectivity index (χ1n) is 7.55. The topological polar surface area (TPSA) is 92.9 Å². The quantitative estimate of drug-likeness (QED) is 0.734. The summed E-state index contributed by atoms with van der Waals surface area (Å²) in [7, 11) is 0. The van der Waals surface area contributed by atoms with Crippen molar-refractivity contribution >= 4 is 40.7 Å². The van der Waals surface area contributed by atoms with Crippen molar-refractivity contribution in [1.29, 1.82) is 5.26 Å². The molecule has 0 aromatic heterocycles. The van der Waals surface area contributed by atoms with Gasteiger partial charge in [-0.05, 0) is 42.0 Å². The third-order valence-electron chi connectivity index (χ3n) is 4.00. The Balaban J connectivity index is 2.15. The van der Waals surface area contributed by atoms with E-state index in [1.807, 2.05) is 0 Å². The van der Waals surface area contributed by atoms with Crippen molar-refractivity contribution in [3.63, 3.8) is 0 Å². The van der Waals surface area contributed by atoms with E-state index < -0.39 is 5.92 Å². The van der Waals surface area contributed by atoms with Crippen molar-refractivity contribution in [2.75, 3.05) is 0 Å². The van der Waals surface area contributed by atoms with Crippen LogP contribution in [0.25, 0.3) is 0 Å². The molecule has 0 unspecified atom stereocenters. The summed E-state index contributed by atoms with van der Waals surface area (Å²) in [6, 6.07) is 15.6. The molecule has 26 heavy (non-hydrogen) atoms. The minimum absolute atomic E-state index is 0.271. The average Bonchev–Trinajstić information content (AvgIpc) is 2.62. The summed E-state index contributed by atoms with van der Waals surface area (Å²) >= 11 is 12.9. The van der Waals surface area contributed by atoms with Crippen LogP contribution in [0.15, 0.2) is 69.7 Å². The zero-order valence-corrected chi connectivity index (χ0v) is 15.7. The number of Topliss-reactive ketones (excluding diaryl/α,β-unsaturated/α-hetero) is 1. The number of nitrogens with two attached hydrogens (primary N) is 2. The van der Waals surface area contributed by atoms with Crippen LogP contribution in [0.3, 0.4) is 0 Å². The van der Waals surface area contributed by atoms with Crippen molar-refractivity contribution < 1.29 is 4.79 Å². The van der Waals surface area contributed by atoms with E-state index in [0.717, 1.165) is 17.3 Å². The summed E-state index contributed by atoms with van der Waals surface area (Å²) in [6.07, 6.45) is 0. The molecule has 0 aliphatic carbocycles. The summed E-state index contributed by atoms with van der Waals surface area (Å²) in [4.78, 5) is 13.1. The number of nitriles is 1. The molecule has 0 bridgehead atoms. The van der Waals surface area contributed by atoms with E-state index >= 15 is 0 Å². The lowest BCUT2D eigenvalue weighted by Gasteiger charge is -2.26. The first kappa shape index (κ1) is 18.4. The van der Waals surface area contributed by atoms with Crippen LogP contribution in [0.1, 0.15) is 21.8 Å². The summed E-state index contributed by atoms with van der Waals surface area (Å²) in [5, 5.41) is 11.3. The fraction of sp³-hybridized carbons (Fsp3) is 0.0526. The molecule has 1 heterocycles. The van der Waals surface area contributed by atoms with E-state index in [9.17, 15) is 10.1 Å². The molecule has 4 N–H and O–H groups in total. The Morgan fingerprint density at radius 1 is 0.962 bits per heavy atom. The standard InChI is InChI=1S/C19H13Cl2N3OS/c20-12-5-1-10(2-6-12)15-14(9-22)18(23)26-19(24)16(15)17(25)11-3-7-13(21)8-4-11/h1-8,15H,23-24H2/t15-/m1/s1. The number of hydrogen-bond acceptors (Lipinski definition) is 5. The maximum absolute atomic E-state index is 13.1. The molecule has 2 aromatic rings. The molecule has 0 saturated carbocycles. The van der Waals surface area contributed by atoms with E-state index in [2.05, 4.69) is 6.07 Å². The number of nitrogens with zero attached hydrogens (tertiary/aromatic N) is 1. The maximum atomic E-state index is 13.1. The van der Waals surface area contributed by atoms with Gasteiger partial charge in [0.05, 0.1) is 27.6 Å². The van der Waals surface area contributed by atoms with Crippen LogP contribution in [0.5, 0.6) is 0 Å². The fourth-order valence-corrected chi connectivity index (χ4v) is 3.85. The molecule has 0 radical (unpaired) electrons. The first-order valence-corrected chi connectivity index (χ1v) is 9.12. The van der Waals surface area contributed by atoms with Gasteiger partial charge in [0, 0.05) is 21.2 Å². The van der Waals surface area contributed by atoms with Gasteiger partial charge >= 0.3 is 0 Å². The zero-order chi connectivity index (χ0) is 18.8. The average molecular weight is 402 g/mol. The number of rotatable bonds is 3. The second-order valence-electron chi connectivity index (χ2n) is 5.59. The SMILES string of the molecule is N#CC1=C(N)SC(N)=C(C(=O)c2ccc(Cl)cc2)[C@@H]1c1ccc(Cl)cc1. The maximum Gasteiger partial charge on any atom is 0.192 e. The molecule has 130 valence electrons. The molecular weight excluding hydrogens is 389 g/mol. The Bertz CT molecular complexity index is 973.